The summed E-state index contributed by atoms with van der Waals surface area (Å²) in [5.74, 6) is -0.975. The Morgan fingerprint density at radius 3 is 2.77 bits per heavy atom. The average Bonchev–Trinajstić information content (AvgIpc) is 3.14. The lowest BCUT2D eigenvalue weighted by atomic mass is 10.1. The van der Waals surface area contributed by atoms with Crippen LogP contribution >= 0.6 is 15.9 Å². The van der Waals surface area contributed by atoms with Crippen LogP contribution in [0.1, 0.15) is 24.5 Å². The van der Waals surface area contributed by atoms with E-state index in [1.54, 1.807) is 4.90 Å². The molecule has 2 amide bonds. The van der Waals surface area contributed by atoms with E-state index in [1.165, 1.54) is 5.56 Å². The van der Waals surface area contributed by atoms with Crippen LogP contribution in [0, 0.1) is 5.92 Å². The Morgan fingerprint density at radius 2 is 1.97 bits per heavy atom. The number of morpholine rings is 1. The van der Waals surface area contributed by atoms with Gasteiger partial charge in [-0.1, -0.05) is 36.4 Å². The van der Waals surface area contributed by atoms with E-state index in [0.717, 1.165) is 42.0 Å². The topological polar surface area (TPSA) is 61.9 Å². The van der Waals surface area contributed by atoms with Crippen molar-refractivity contribution >= 4 is 33.4 Å². The molecular weight excluding hydrogens is 458 g/mol. The second kappa shape index (κ2) is 9.94. The fraction of sp³-hybridized carbons (Fsp3) is 0.417. The number of nitrogens with zero attached hydrogens (tertiary/aromatic N) is 2. The Bertz CT molecular complexity index is 951. The number of benzene rings is 2. The predicted octanol–water partition coefficient (Wildman–Crippen LogP) is 3.34. The molecule has 2 saturated heterocycles. The van der Waals surface area contributed by atoms with Gasteiger partial charge in [-0.3, -0.25) is 14.5 Å². The highest BCUT2D eigenvalue weighted by molar-refractivity contribution is 9.10. The number of anilines is 1. The van der Waals surface area contributed by atoms with Crippen molar-refractivity contribution in [3.63, 3.8) is 0 Å². The predicted molar refractivity (Wildman–Crippen MR) is 124 cm³/mol. The molecule has 2 aromatic rings. The largest absolute Gasteiger partial charge is 0.376 e. The average molecular weight is 486 g/mol. The summed E-state index contributed by atoms with van der Waals surface area (Å²) in [5.41, 5.74) is 3.08. The standard InChI is InChI=1S/C24H28BrN3O3/c1-17-15-27(11-12-31-17)16-19-6-4-5-18(13-19)14-26-23(29)20-9-10-28(24(20)30)22-8-3-2-7-21(22)25/h2-8,13,17,20H,9-12,14-16H2,1H3,(H,26,29). The Labute approximate surface area is 191 Å². The molecule has 0 spiro atoms. The SMILES string of the molecule is CC1CN(Cc2cccc(CNC(=O)C3CCN(c4ccccc4Br)C3=O)c2)CCO1. The van der Waals surface area contributed by atoms with Gasteiger partial charge < -0.3 is 15.0 Å². The number of para-hydroxylation sites is 1. The molecule has 31 heavy (non-hydrogen) atoms. The Balaban J connectivity index is 1.33. The van der Waals surface area contributed by atoms with Gasteiger partial charge in [0.1, 0.15) is 5.92 Å². The van der Waals surface area contributed by atoms with Crippen LogP contribution in [0.25, 0.3) is 0 Å². The lowest BCUT2D eigenvalue weighted by molar-refractivity contribution is -0.132. The highest BCUT2D eigenvalue weighted by atomic mass is 79.9. The van der Waals surface area contributed by atoms with Crippen LogP contribution in [0.15, 0.2) is 53.0 Å². The molecule has 0 radical (unpaired) electrons. The minimum Gasteiger partial charge on any atom is -0.376 e. The molecule has 1 N–H and O–H groups in total. The van der Waals surface area contributed by atoms with Gasteiger partial charge in [-0.05, 0) is 52.5 Å². The van der Waals surface area contributed by atoms with Gasteiger partial charge in [0.2, 0.25) is 11.8 Å². The van der Waals surface area contributed by atoms with Crippen molar-refractivity contribution < 1.29 is 14.3 Å². The first-order valence-corrected chi connectivity index (χ1v) is 11.6. The number of halogens is 1. The van der Waals surface area contributed by atoms with Crippen LogP contribution in [0.2, 0.25) is 0 Å². The minimum atomic E-state index is -0.634. The fourth-order valence-corrected chi connectivity index (χ4v) is 4.77. The van der Waals surface area contributed by atoms with Gasteiger partial charge in [0.25, 0.3) is 0 Å². The highest BCUT2D eigenvalue weighted by Crippen LogP contribution is 2.31. The van der Waals surface area contributed by atoms with Crippen molar-refractivity contribution in [2.45, 2.75) is 32.5 Å². The van der Waals surface area contributed by atoms with Gasteiger partial charge >= 0.3 is 0 Å². The first-order chi connectivity index (χ1) is 15.0. The summed E-state index contributed by atoms with van der Waals surface area (Å²) in [6.07, 6.45) is 0.789. The van der Waals surface area contributed by atoms with Crippen molar-refractivity contribution in [1.29, 1.82) is 0 Å². The summed E-state index contributed by atoms with van der Waals surface area (Å²) in [5, 5.41) is 2.96. The summed E-state index contributed by atoms with van der Waals surface area (Å²) in [6, 6.07) is 15.9. The van der Waals surface area contributed by atoms with Gasteiger partial charge in [-0.25, -0.2) is 0 Å². The molecule has 0 saturated carbocycles. The summed E-state index contributed by atoms with van der Waals surface area (Å²) < 4.78 is 6.47. The van der Waals surface area contributed by atoms with Crippen LogP contribution < -0.4 is 10.2 Å². The molecule has 2 aliphatic heterocycles. The number of amides is 2. The van der Waals surface area contributed by atoms with Crippen LogP contribution in [0.5, 0.6) is 0 Å². The number of ether oxygens (including phenoxy) is 1. The van der Waals surface area contributed by atoms with Crippen molar-refractivity contribution in [2.75, 3.05) is 31.1 Å². The van der Waals surface area contributed by atoms with Crippen molar-refractivity contribution in [1.82, 2.24) is 10.2 Å². The molecule has 6 nitrogen and oxygen atoms in total. The van der Waals surface area contributed by atoms with Gasteiger partial charge in [-0.2, -0.15) is 0 Å². The Morgan fingerprint density at radius 1 is 1.16 bits per heavy atom. The Kier molecular flexibility index (Phi) is 7.05. The maximum absolute atomic E-state index is 12.8. The summed E-state index contributed by atoms with van der Waals surface area (Å²) in [4.78, 5) is 29.7. The molecule has 164 valence electrons. The molecule has 4 rings (SSSR count). The zero-order valence-electron chi connectivity index (χ0n) is 17.7. The Hall–Kier alpha value is -2.22. The van der Waals surface area contributed by atoms with E-state index < -0.39 is 5.92 Å². The minimum absolute atomic E-state index is 0.139. The second-order valence-electron chi connectivity index (χ2n) is 8.24. The molecule has 0 aromatic heterocycles. The van der Waals surface area contributed by atoms with Gasteiger partial charge in [0.15, 0.2) is 0 Å². The lowest BCUT2D eigenvalue weighted by Crippen LogP contribution is -2.40. The first-order valence-electron chi connectivity index (χ1n) is 10.8. The number of hydrogen-bond donors (Lipinski definition) is 1. The molecule has 0 aliphatic carbocycles. The summed E-state index contributed by atoms with van der Waals surface area (Å²) in [7, 11) is 0. The fourth-order valence-electron chi connectivity index (χ4n) is 4.28. The smallest absolute Gasteiger partial charge is 0.239 e. The summed E-state index contributed by atoms with van der Waals surface area (Å²) >= 11 is 3.49. The zero-order valence-corrected chi connectivity index (χ0v) is 19.3. The number of carbonyl (C=O) groups is 2. The molecular formula is C24H28BrN3O3. The molecule has 0 bridgehead atoms. The summed E-state index contributed by atoms with van der Waals surface area (Å²) in [6.45, 7) is 6.57. The van der Waals surface area contributed by atoms with Gasteiger partial charge in [-0.15, -0.1) is 0 Å². The third kappa shape index (κ3) is 5.34. The normalized spacial score (nSPS) is 22.0. The van der Waals surface area contributed by atoms with Crippen molar-refractivity contribution in [2.24, 2.45) is 5.92 Å². The highest BCUT2D eigenvalue weighted by Gasteiger charge is 2.38. The van der Waals surface area contributed by atoms with E-state index in [1.807, 2.05) is 36.4 Å². The number of hydrogen-bond acceptors (Lipinski definition) is 4. The van der Waals surface area contributed by atoms with Gasteiger partial charge in [0, 0.05) is 37.2 Å². The quantitative estimate of drug-likeness (QED) is 0.637. The van der Waals surface area contributed by atoms with Crippen molar-refractivity contribution in [3.05, 3.63) is 64.1 Å². The third-order valence-electron chi connectivity index (χ3n) is 5.85. The van der Waals surface area contributed by atoms with E-state index in [9.17, 15) is 9.59 Å². The van der Waals surface area contributed by atoms with E-state index >= 15 is 0 Å². The second-order valence-corrected chi connectivity index (χ2v) is 9.09. The number of nitrogens with one attached hydrogen (secondary N) is 1. The van der Waals surface area contributed by atoms with Crippen LogP contribution in [0.4, 0.5) is 5.69 Å². The lowest BCUT2D eigenvalue weighted by Gasteiger charge is -2.31. The number of carbonyl (C=O) groups excluding carboxylic acids is 2. The van der Waals surface area contributed by atoms with Gasteiger partial charge in [0.05, 0.1) is 18.4 Å². The molecule has 2 atom stereocenters. The maximum atomic E-state index is 12.8. The van der Waals surface area contributed by atoms with E-state index in [-0.39, 0.29) is 17.9 Å². The van der Waals surface area contributed by atoms with Crippen LogP contribution in [-0.2, 0) is 27.4 Å². The molecule has 7 heteroatoms. The van der Waals surface area contributed by atoms with Crippen LogP contribution in [-0.4, -0.2) is 49.1 Å². The van der Waals surface area contributed by atoms with E-state index in [4.69, 9.17) is 4.74 Å². The van der Waals surface area contributed by atoms with Crippen LogP contribution in [0.3, 0.4) is 0 Å². The van der Waals surface area contributed by atoms with E-state index in [0.29, 0.717) is 19.5 Å². The van der Waals surface area contributed by atoms with Crippen molar-refractivity contribution in [3.8, 4) is 0 Å². The monoisotopic (exact) mass is 485 g/mol. The zero-order chi connectivity index (χ0) is 21.8. The molecule has 2 aliphatic rings. The van der Waals surface area contributed by atoms with E-state index in [2.05, 4.69) is 45.2 Å². The third-order valence-corrected chi connectivity index (χ3v) is 6.53. The molecule has 2 heterocycles. The number of rotatable bonds is 6. The molecule has 2 unspecified atom stereocenters. The molecule has 2 aromatic carbocycles. The molecule has 2 fully saturated rings. The maximum Gasteiger partial charge on any atom is 0.239 e. The first kappa shape index (κ1) is 22.0.